The van der Waals surface area contributed by atoms with Crippen molar-refractivity contribution in [3.05, 3.63) is 54.1 Å². The Morgan fingerprint density at radius 2 is 1.29 bits per heavy atom. The van der Waals surface area contributed by atoms with Crippen molar-refractivity contribution < 1.29 is 69.1 Å². The van der Waals surface area contributed by atoms with Crippen LogP contribution in [0.3, 0.4) is 0 Å². The van der Waals surface area contributed by atoms with E-state index in [1.807, 2.05) is 6.07 Å². The molecule has 0 saturated carbocycles. The molecule has 4 nitrogen and oxygen atoms in total. The van der Waals surface area contributed by atoms with E-state index in [1.54, 1.807) is 42.5 Å². The minimum atomic E-state index is -4.62. The molecule has 2 aromatic carbocycles. The predicted molar refractivity (Wildman–Crippen MR) is 121 cm³/mol. The third-order valence-corrected chi connectivity index (χ3v) is 6.29. The molecule has 0 aliphatic heterocycles. The summed E-state index contributed by atoms with van der Waals surface area (Å²) >= 11 is 0. The maximum absolute atomic E-state index is 11.9. The summed E-state index contributed by atoms with van der Waals surface area (Å²) < 4.78 is 41.5. The van der Waals surface area contributed by atoms with Gasteiger partial charge in [-0.2, -0.15) is 0 Å². The van der Waals surface area contributed by atoms with Crippen LogP contribution in [0.15, 0.2) is 53.4 Å². The SMILES string of the molecule is CCCCCCCCCCCCCc1cccc(Oc2ccccc2)c1S(=O)(=O)[O-].[K+]. The molecule has 0 amide bonds. The summed E-state index contributed by atoms with van der Waals surface area (Å²) in [6.45, 7) is 2.24. The maximum atomic E-state index is 11.9. The summed E-state index contributed by atoms with van der Waals surface area (Å²) in [4.78, 5) is -0.221. The van der Waals surface area contributed by atoms with Crippen molar-refractivity contribution in [1.29, 1.82) is 0 Å². The molecule has 31 heavy (non-hydrogen) atoms. The Kier molecular flexibility index (Phi) is 15.3. The third kappa shape index (κ3) is 11.5. The first-order valence-electron chi connectivity index (χ1n) is 11.3. The number of aryl methyl sites for hydroxylation is 1. The minimum absolute atomic E-state index is 0. The van der Waals surface area contributed by atoms with Crippen molar-refractivity contribution in [3.63, 3.8) is 0 Å². The largest absolute Gasteiger partial charge is 1.00 e. The van der Waals surface area contributed by atoms with E-state index in [-0.39, 0.29) is 62.0 Å². The smallest absolute Gasteiger partial charge is 0.744 e. The summed E-state index contributed by atoms with van der Waals surface area (Å²) in [5, 5.41) is 0. The van der Waals surface area contributed by atoms with Crippen molar-refractivity contribution in [3.8, 4) is 11.5 Å². The Morgan fingerprint density at radius 3 is 1.84 bits per heavy atom. The number of hydrogen-bond acceptors (Lipinski definition) is 4. The number of hydrogen-bond donors (Lipinski definition) is 0. The van der Waals surface area contributed by atoms with Crippen molar-refractivity contribution in [2.75, 3.05) is 0 Å². The van der Waals surface area contributed by atoms with Crippen LogP contribution in [-0.4, -0.2) is 13.0 Å². The third-order valence-electron chi connectivity index (χ3n) is 5.33. The molecular weight excluding hydrogens is 435 g/mol. The molecule has 0 radical (unpaired) electrons. The Bertz CT molecular complexity index is 838. The number of benzene rings is 2. The monoisotopic (exact) mass is 470 g/mol. The molecule has 0 spiro atoms. The first-order chi connectivity index (χ1) is 14.5. The quantitative estimate of drug-likeness (QED) is 0.222. The van der Waals surface area contributed by atoms with Crippen LogP contribution in [-0.2, 0) is 16.5 Å². The molecule has 0 aromatic heterocycles. The second-order valence-corrected chi connectivity index (χ2v) is 9.22. The molecule has 6 heteroatoms. The van der Waals surface area contributed by atoms with E-state index in [0.29, 0.717) is 17.7 Å². The van der Waals surface area contributed by atoms with Gasteiger partial charge in [-0.1, -0.05) is 101 Å². The van der Waals surface area contributed by atoms with E-state index in [2.05, 4.69) is 6.92 Å². The van der Waals surface area contributed by atoms with Gasteiger partial charge in [-0.25, -0.2) is 8.42 Å². The molecule has 0 aliphatic carbocycles. The van der Waals surface area contributed by atoms with Gasteiger partial charge in [0, 0.05) is 0 Å². The average Bonchev–Trinajstić information content (AvgIpc) is 2.72. The average molecular weight is 471 g/mol. The minimum Gasteiger partial charge on any atom is -0.744 e. The van der Waals surface area contributed by atoms with Crippen molar-refractivity contribution >= 4 is 10.1 Å². The van der Waals surface area contributed by atoms with Gasteiger partial charge >= 0.3 is 51.4 Å². The molecule has 0 fully saturated rings. The van der Waals surface area contributed by atoms with Gasteiger partial charge in [0.05, 0.1) is 0 Å². The maximum Gasteiger partial charge on any atom is 1.00 e. The van der Waals surface area contributed by atoms with Crippen molar-refractivity contribution in [2.24, 2.45) is 0 Å². The van der Waals surface area contributed by atoms with E-state index < -0.39 is 10.1 Å². The van der Waals surface area contributed by atoms with Crippen LogP contribution in [0, 0.1) is 0 Å². The molecule has 0 saturated heterocycles. The fourth-order valence-corrected chi connectivity index (χ4v) is 4.56. The van der Waals surface area contributed by atoms with E-state index in [9.17, 15) is 13.0 Å². The predicted octanol–water partition coefficient (Wildman–Crippen LogP) is 4.24. The summed E-state index contributed by atoms with van der Waals surface area (Å²) in [6, 6.07) is 13.9. The van der Waals surface area contributed by atoms with Crippen LogP contribution in [0.25, 0.3) is 0 Å². The van der Waals surface area contributed by atoms with Crippen LogP contribution in [0.1, 0.15) is 83.1 Å². The molecule has 166 valence electrons. The molecule has 0 N–H and O–H groups in total. The summed E-state index contributed by atoms with van der Waals surface area (Å²) in [7, 11) is -4.62. The molecule has 2 aromatic rings. The molecule has 0 heterocycles. The zero-order valence-electron chi connectivity index (χ0n) is 19.1. The van der Waals surface area contributed by atoms with Crippen molar-refractivity contribution in [1.82, 2.24) is 0 Å². The van der Waals surface area contributed by atoms with Crippen LogP contribution in [0.5, 0.6) is 11.5 Å². The summed E-state index contributed by atoms with van der Waals surface area (Å²) in [5.74, 6) is 0.617. The fraction of sp³-hybridized carbons (Fsp3) is 0.520. The number of ether oxygens (including phenoxy) is 1. The van der Waals surface area contributed by atoms with Gasteiger partial charge in [0.1, 0.15) is 26.5 Å². The van der Waals surface area contributed by atoms with Crippen LogP contribution in [0.2, 0.25) is 0 Å². The number of rotatable bonds is 15. The number of para-hydroxylation sites is 1. The molecule has 2 rings (SSSR count). The first-order valence-corrected chi connectivity index (χ1v) is 12.7. The normalized spacial score (nSPS) is 11.2. The van der Waals surface area contributed by atoms with Gasteiger partial charge in [0.15, 0.2) is 0 Å². The van der Waals surface area contributed by atoms with Crippen LogP contribution < -0.4 is 56.1 Å². The van der Waals surface area contributed by atoms with Crippen molar-refractivity contribution in [2.45, 2.75) is 88.9 Å². The zero-order chi connectivity index (χ0) is 21.7. The first kappa shape index (κ1) is 28.8. The second kappa shape index (κ2) is 16.4. The van der Waals surface area contributed by atoms with E-state index in [0.717, 1.165) is 19.3 Å². The van der Waals surface area contributed by atoms with Gasteiger partial charge in [-0.3, -0.25) is 0 Å². The van der Waals surface area contributed by atoms with Gasteiger partial charge in [0.2, 0.25) is 0 Å². The fourth-order valence-electron chi connectivity index (χ4n) is 3.72. The molecule has 0 aliphatic rings. The Balaban J connectivity index is 0.00000480. The van der Waals surface area contributed by atoms with Gasteiger partial charge < -0.3 is 9.29 Å². The Labute approximate surface area is 231 Å². The van der Waals surface area contributed by atoms with E-state index >= 15 is 0 Å². The molecule has 0 atom stereocenters. The summed E-state index contributed by atoms with van der Waals surface area (Å²) in [6.07, 6.45) is 14.1. The van der Waals surface area contributed by atoms with E-state index in [1.165, 1.54) is 51.4 Å². The molecule has 0 unspecified atom stereocenters. The van der Waals surface area contributed by atoms with Crippen LogP contribution >= 0.6 is 0 Å². The number of unbranched alkanes of at least 4 members (excludes halogenated alkanes) is 10. The van der Waals surface area contributed by atoms with Gasteiger partial charge in [0.25, 0.3) is 0 Å². The van der Waals surface area contributed by atoms with Crippen LogP contribution in [0.4, 0.5) is 0 Å². The molecule has 0 bridgehead atoms. The standard InChI is InChI=1S/C25H36O4S.K/c1-2-3-4-5-6-7-8-9-10-11-13-17-22-18-16-21-24(25(22)30(26,27)28)29-23-19-14-12-15-20-23;/h12,14-16,18-21H,2-11,13,17H2,1H3,(H,26,27,28);/q;+1/p-1. The summed E-state index contributed by atoms with van der Waals surface area (Å²) in [5.41, 5.74) is 0.550. The zero-order valence-corrected chi connectivity index (χ0v) is 23.1. The second-order valence-electron chi connectivity index (χ2n) is 7.90. The Morgan fingerprint density at radius 1 is 0.742 bits per heavy atom. The topological polar surface area (TPSA) is 66.4 Å². The molecular formula is C25H35KO4S. The van der Waals surface area contributed by atoms with Gasteiger partial charge in [-0.15, -0.1) is 0 Å². The van der Waals surface area contributed by atoms with Gasteiger partial charge in [-0.05, 0) is 36.6 Å². The Hall–Kier alpha value is -0.214. The van der Waals surface area contributed by atoms with E-state index in [4.69, 9.17) is 4.74 Å².